The molecule has 0 saturated heterocycles. The maximum Gasteiger partial charge on any atom is 0.318 e. The van der Waals surface area contributed by atoms with Crippen LogP contribution in [0.2, 0.25) is 0 Å². The zero-order valence-electron chi connectivity index (χ0n) is 37.2. The lowest BCUT2D eigenvalue weighted by Crippen LogP contribution is -2.62. The van der Waals surface area contributed by atoms with Crippen LogP contribution >= 0.6 is 0 Å². The van der Waals surface area contributed by atoms with Gasteiger partial charge in [-0.2, -0.15) is 0 Å². The predicted octanol–water partition coefficient (Wildman–Crippen LogP) is 4.65. The fraction of sp³-hybridized carbons (Fsp3) is 0.375. The second-order valence-corrected chi connectivity index (χ2v) is 17.0. The first-order chi connectivity index (χ1) is 30.7. The van der Waals surface area contributed by atoms with Crippen molar-refractivity contribution in [2.45, 2.75) is 90.0 Å². The molecule has 338 valence electrons. The third kappa shape index (κ3) is 12.2. The number of rotatable bonds is 19. The van der Waals surface area contributed by atoms with Crippen LogP contribution in [0.3, 0.4) is 0 Å². The number of carbonyl (C=O) groups excluding carboxylic acids is 4. The summed E-state index contributed by atoms with van der Waals surface area (Å²) in [5.74, 6) is -0.704. The smallest absolute Gasteiger partial charge is 0.318 e. The Kier molecular flexibility index (Phi) is 15.7. The number of hydrogen-bond donors (Lipinski definition) is 8. The number of fused-ring (bicyclic) bond motifs is 2. The highest BCUT2D eigenvalue weighted by Gasteiger charge is 2.38. The fourth-order valence-electron chi connectivity index (χ4n) is 7.58. The van der Waals surface area contributed by atoms with E-state index in [0.29, 0.717) is 11.6 Å². The zero-order chi connectivity index (χ0) is 45.9. The molecule has 6 rings (SSSR count). The number of benzene rings is 4. The summed E-state index contributed by atoms with van der Waals surface area (Å²) in [4.78, 5) is 73.8. The van der Waals surface area contributed by atoms with Gasteiger partial charge in [0.1, 0.15) is 35.9 Å². The normalized spacial score (nSPS) is 14.3. The Morgan fingerprint density at radius 3 is 1.22 bits per heavy atom. The number of nitrogens with zero attached hydrogens (tertiary/aromatic N) is 4. The van der Waals surface area contributed by atoms with E-state index in [1.807, 2.05) is 109 Å². The molecule has 0 fully saturated rings. The lowest BCUT2D eigenvalue weighted by molar-refractivity contribution is -0.129. The fourth-order valence-corrected chi connectivity index (χ4v) is 7.58. The highest BCUT2D eigenvalue weighted by molar-refractivity contribution is 5.88. The molecular weight excluding hydrogens is 813 g/mol. The van der Waals surface area contributed by atoms with Gasteiger partial charge in [0.15, 0.2) is 0 Å². The first-order valence-corrected chi connectivity index (χ1v) is 21.6. The van der Waals surface area contributed by atoms with Gasteiger partial charge in [0.25, 0.3) is 0 Å². The van der Waals surface area contributed by atoms with E-state index in [-0.39, 0.29) is 37.8 Å². The Labute approximate surface area is 373 Å². The summed E-state index contributed by atoms with van der Waals surface area (Å²) in [5, 5.41) is 35.8. The van der Waals surface area contributed by atoms with Crippen molar-refractivity contribution in [2.24, 2.45) is 11.8 Å². The number of imidazole rings is 2. The van der Waals surface area contributed by atoms with Gasteiger partial charge in [-0.3, -0.25) is 9.59 Å². The van der Waals surface area contributed by atoms with Gasteiger partial charge in [-0.15, -0.1) is 0 Å². The second-order valence-electron chi connectivity index (χ2n) is 17.0. The minimum Gasteiger partial charge on any atom is -0.388 e. The molecule has 8 N–H and O–H groups in total. The summed E-state index contributed by atoms with van der Waals surface area (Å²) in [6.45, 7) is 7.51. The molecule has 0 spiro atoms. The van der Waals surface area contributed by atoms with Gasteiger partial charge < -0.3 is 51.2 Å². The summed E-state index contributed by atoms with van der Waals surface area (Å²) in [6.07, 6.45) is -2.99. The Balaban J connectivity index is 1.18. The molecule has 0 unspecified atom stereocenters. The Morgan fingerprint density at radius 1 is 0.531 bits per heavy atom. The van der Waals surface area contributed by atoms with Crippen molar-refractivity contribution >= 4 is 45.9 Å². The predicted molar refractivity (Wildman–Crippen MR) is 246 cm³/mol. The molecule has 2 heterocycles. The lowest BCUT2D eigenvalue weighted by atomic mass is 9.90. The molecule has 0 aliphatic carbocycles. The van der Waals surface area contributed by atoms with E-state index in [1.165, 1.54) is 9.80 Å². The molecule has 0 aliphatic heterocycles. The molecule has 0 radical (unpaired) electrons. The lowest BCUT2D eigenvalue weighted by Gasteiger charge is -2.35. The molecular formula is C48H60N10O6. The minimum atomic E-state index is -1.61. The van der Waals surface area contributed by atoms with E-state index in [1.54, 1.807) is 41.8 Å². The summed E-state index contributed by atoms with van der Waals surface area (Å²) in [6, 6.07) is 28.3. The largest absolute Gasteiger partial charge is 0.388 e. The van der Waals surface area contributed by atoms with Crippen molar-refractivity contribution in [3.63, 3.8) is 0 Å². The first kappa shape index (κ1) is 46.7. The number of aromatic amines is 2. The van der Waals surface area contributed by atoms with E-state index in [4.69, 9.17) is 0 Å². The van der Waals surface area contributed by atoms with Gasteiger partial charge in [0, 0.05) is 14.1 Å². The van der Waals surface area contributed by atoms with Crippen LogP contribution in [-0.4, -0.2) is 114 Å². The van der Waals surface area contributed by atoms with Crippen LogP contribution in [0.25, 0.3) is 22.1 Å². The third-order valence-electron chi connectivity index (χ3n) is 11.2. The van der Waals surface area contributed by atoms with E-state index < -0.39 is 60.3 Å². The quantitative estimate of drug-likeness (QED) is 0.0572. The number of H-pyrrole nitrogens is 2. The van der Waals surface area contributed by atoms with Gasteiger partial charge >= 0.3 is 12.1 Å². The van der Waals surface area contributed by atoms with Crippen LogP contribution in [0.4, 0.5) is 9.59 Å². The number of nitrogens with one attached hydrogen (secondary N) is 6. The number of carbonyl (C=O) groups is 4. The molecule has 6 aromatic rings. The van der Waals surface area contributed by atoms with Crippen LogP contribution in [0, 0.1) is 11.8 Å². The first-order valence-electron chi connectivity index (χ1n) is 21.6. The van der Waals surface area contributed by atoms with Crippen LogP contribution in [0.15, 0.2) is 109 Å². The number of aromatic nitrogens is 4. The van der Waals surface area contributed by atoms with Crippen LogP contribution in [0.1, 0.15) is 50.5 Å². The van der Waals surface area contributed by atoms with E-state index >= 15 is 0 Å². The molecule has 6 atom stereocenters. The van der Waals surface area contributed by atoms with Crippen LogP contribution < -0.4 is 21.3 Å². The maximum atomic E-state index is 14.2. The topological polar surface area (TPSA) is 221 Å². The third-order valence-corrected chi connectivity index (χ3v) is 11.2. The standard InChI is InChI=1S/C48H60N10O6/c1-29(2)41(55-47(63)57(5)27-39-49-33-21-13-14-22-34(33)50-39)45(61)53-37(25-31-17-9-7-10-18-31)43(59)44(60)38(26-32-19-11-8-12-20-32)54-46(62)42(30(3)4)56-48(64)58(6)28-40-51-35-23-15-16-24-36(35)52-40/h7-24,29-30,37-38,41-44,59-60H,25-28H2,1-6H3,(H,49,50)(H,51,52)(H,53,61)(H,54,62)(H,55,63)(H,56,64)/t37-,38-,41-,42+,43+,44+/m0/s1. The number of amides is 6. The second kappa shape index (κ2) is 21.5. The summed E-state index contributed by atoms with van der Waals surface area (Å²) < 4.78 is 0. The maximum absolute atomic E-state index is 14.2. The van der Waals surface area contributed by atoms with Crippen molar-refractivity contribution in [3.05, 3.63) is 132 Å². The zero-order valence-corrected chi connectivity index (χ0v) is 37.2. The van der Waals surface area contributed by atoms with Gasteiger partial charge in [-0.05, 0) is 60.1 Å². The van der Waals surface area contributed by atoms with Crippen molar-refractivity contribution < 1.29 is 29.4 Å². The van der Waals surface area contributed by atoms with Gasteiger partial charge in [-0.25, -0.2) is 19.6 Å². The average Bonchev–Trinajstić information content (AvgIpc) is 3.89. The number of aliphatic hydroxyl groups is 2. The summed E-state index contributed by atoms with van der Waals surface area (Å²) >= 11 is 0. The van der Waals surface area contributed by atoms with E-state index in [2.05, 4.69) is 41.2 Å². The highest BCUT2D eigenvalue weighted by atomic mass is 16.3. The molecule has 16 heteroatoms. The van der Waals surface area contributed by atoms with Gasteiger partial charge in [0.05, 0.1) is 47.2 Å². The Morgan fingerprint density at radius 2 is 0.875 bits per heavy atom. The van der Waals surface area contributed by atoms with Crippen molar-refractivity contribution in [3.8, 4) is 0 Å². The van der Waals surface area contributed by atoms with Crippen molar-refractivity contribution in [1.82, 2.24) is 51.0 Å². The Hall–Kier alpha value is -6.78. The molecule has 0 bridgehead atoms. The Bertz CT molecular complexity index is 2240. The molecule has 0 aliphatic rings. The number of aliphatic hydroxyl groups excluding tert-OH is 2. The van der Waals surface area contributed by atoms with E-state index in [0.717, 1.165) is 33.2 Å². The molecule has 16 nitrogen and oxygen atoms in total. The number of para-hydroxylation sites is 4. The van der Waals surface area contributed by atoms with Crippen LogP contribution in [0.5, 0.6) is 0 Å². The molecule has 4 aromatic carbocycles. The van der Waals surface area contributed by atoms with Gasteiger partial charge in [-0.1, -0.05) is 113 Å². The summed E-state index contributed by atoms with van der Waals surface area (Å²) in [5.41, 5.74) is 4.76. The summed E-state index contributed by atoms with van der Waals surface area (Å²) in [7, 11) is 3.21. The SMILES string of the molecule is CC(C)[C@H](NC(=O)N(C)Cc1nc2ccccc2[nH]1)C(=O)N[C@@H](Cc1ccccc1)[C@@H](O)[C@H](O)[C@H](Cc1ccccc1)NC(=O)[C@H](NC(=O)N(C)Cc1nc2ccccc2[nH]1)C(C)C. The number of urea groups is 2. The van der Waals surface area contributed by atoms with Crippen molar-refractivity contribution in [1.29, 1.82) is 0 Å². The van der Waals surface area contributed by atoms with E-state index in [9.17, 15) is 29.4 Å². The van der Waals surface area contributed by atoms with Crippen LogP contribution in [-0.2, 0) is 35.5 Å². The average molecular weight is 873 g/mol. The molecule has 64 heavy (non-hydrogen) atoms. The van der Waals surface area contributed by atoms with Gasteiger partial charge in [0.2, 0.25) is 11.8 Å². The minimum absolute atomic E-state index is 0.115. The monoisotopic (exact) mass is 872 g/mol. The molecule has 0 saturated carbocycles. The molecule has 6 amide bonds. The number of hydrogen-bond acceptors (Lipinski definition) is 8. The highest BCUT2D eigenvalue weighted by Crippen LogP contribution is 2.18. The molecule has 2 aromatic heterocycles. The van der Waals surface area contributed by atoms with Crippen molar-refractivity contribution in [2.75, 3.05) is 14.1 Å².